The van der Waals surface area contributed by atoms with E-state index >= 15 is 0 Å². The van der Waals surface area contributed by atoms with Gasteiger partial charge in [0, 0.05) is 19.0 Å². The number of hydrogen-bond acceptors (Lipinski definition) is 4. The number of likely N-dealkylation sites (tertiary alicyclic amines) is 1. The molecule has 0 aliphatic carbocycles. The van der Waals surface area contributed by atoms with Gasteiger partial charge in [0.2, 0.25) is 5.91 Å². The Hall–Kier alpha value is -3.28. The number of hydrogen-bond donors (Lipinski definition) is 1. The second-order valence-corrected chi connectivity index (χ2v) is 10.7. The normalized spacial score (nSPS) is 19.2. The van der Waals surface area contributed by atoms with E-state index in [-0.39, 0.29) is 43.6 Å². The molecule has 2 aromatic rings. The molecule has 220 valence electrons. The number of halogens is 6. The Morgan fingerprint density at radius 3 is 2.08 bits per heavy atom. The number of benzene rings is 2. The lowest BCUT2D eigenvalue weighted by atomic mass is 9.87. The largest absolute Gasteiger partial charge is 0.444 e. The molecule has 6 nitrogen and oxygen atoms in total. The third kappa shape index (κ3) is 8.61. The van der Waals surface area contributed by atoms with E-state index in [1.807, 2.05) is 12.1 Å². The molecule has 1 aliphatic heterocycles. The summed E-state index contributed by atoms with van der Waals surface area (Å²) in [4.78, 5) is 26.3. The van der Waals surface area contributed by atoms with Gasteiger partial charge in [-0.2, -0.15) is 26.3 Å². The Labute approximate surface area is 228 Å². The summed E-state index contributed by atoms with van der Waals surface area (Å²) in [6.45, 7) is 6.55. The summed E-state index contributed by atoms with van der Waals surface area (Å²) in [6, 6.07) is 10.4. The van der Waals surface area contributed by atoms with Gasteiger partial charge in [-0.25, -0.2) is 4.79 Å². The van der Waals surface area contributed by atoms with E-state index in [1.165, 1.54) is 11.8 Å². The second-order valence-electron chi connectivity index (χ2n) is 10.7. The first kappa shape index (κ1) is 31.3. The molecular formula is C28H32F6N2O4. The van der Waals surface area contributed by atoms with Crippen molar-refractivity contribution in [2.24, 2.45) is 0 Å². The van der Waals surface area contributed by atoms with Crippen molar-refractivity contribution in [1.82, 2.24) is 10.2 Å². The molecule has 0 bridgehead atoms. The lowest BCUT2D eigenvalue weighted by Gasteiger charge is -2.40. The molecule has 2 aromatic carbocycles. The zero-order valence-electron chi connectivity index (χ0n) is 22.5. The second kappa shape index (κ2) is 12.1. The first-order valence-corrected chi connectivity index (χ1v) is 12.7. The molecule has 1 saturated heterocycles. The molecule has 0 saturated carbocycles. The van der Waals surface area contributed by atoms with Crippen molar-refractivity contribution >= 4 is 12.0 Å². The third-order valence-corrected chi connectivity index (χ3v) is 6.37. The Morgan fingerprint density at radius 2 is 1.55 bits per heavy atom. The molecular weight excluding hydrogens is 542 g/mol. The van der Waals surface area contributed by atoms with Crippen molar-refractivity contribution in [1.29, 1.82) is 0 Å². The molecule has 12 heteroatoms. The number of ether oxygens (including phenoxy) is 2. The summed E-state index contributed by atoms with van der Waals surface area (Å²) in [7, 11) is 0. The number of carbonyl (C=O) groups is 2. The average molecular weight is 575 g/mol. The van der Waals surface area contributed by atoms with Crippen molar-refractivity contribution in [3.8, 4) is 0 Å². The van der Waals surface area contributed by atoms with E-state index < -0.39 is 53.3 Å². The zero-order chi connectivity index (χ0) is 29.9. The van der Waals surface area contributed by atoms with Crippen LogP contribution in [0.15, 0.2) is 48.5 Å². The van der Waals surface area contributed by atoms with Crippen LogP contribution >= 0.6 is 0 Å². The van der Waals surface area contributed by atoms with Crippen LogP contribution in [0.2, 0.25) is 0 Å². The van der Waals surface area contributed by atoms with Crippen molar-refractivity contribution in [3.63, 3.8) is 0 Å². The third-order valence-electron chi connectivity index (χ3n) is 6.37. The molecule has 0 aromatic heterocycles. The van der Waals surface area contributed by atoms with E-state index in [0.717, 1.165) is 5.56 Å². The molecule has 0 radical (unpaired) electrons. The fourth-order valence-corrected chi connectivity index (χ4v) is 4.47. The van der Waals surface area contributed by atoms with Gasteiger partial charge in [0.05, 0.1) is 23.3 Å². The van der Waals surface area contributed by atoms with Gasteiger partial charge in [-0.1, -0.05) is 30.3 Å². The number of alkyl carbamates (subject to hydrolysis) is 1. The van der Waals surface area contributed by atoms with Crippen molar-refractivity contribution in [2.75, 3.05) is 19.6 Å². The van der Waals surface area contributed by atoms with Crippen molar-refractivity contribution in [2.45, 2.75) is 70.2 Å². The zero-order valence-corrected chi connectivity index (χ0v) is 22.5. The van der Waals surface area contributed by atoms with Gasteiger partial charge < -0.3 is 19.7 Å². The monoisotopic (exact) mass is 574 g/mol. The summed E-state index contributed by atoms with van der Waals surface area (Å²) in [6.07, 6.45) is -12.1. The number of carbonyl (C=O) groups excluding carboxylic acids is 2. The van der Waals surface area contributed by atoms with E-state index in [9.17, 15) is 35.9 Å². The number of piperidine rings is 1. The number of rotatable bonds is 6. The minimum atomic E-state index is -4.97. The molecule has 3 rings (SSSR count). The van der Waals surface area contributed by atoms with Crippen LogP contribution in [0.4, 0.5) is 31.1 Å². The predicted octanol–water partition coefficient (Wildman–Crippen LogP) is 6.71. The Kier molecular flexibility index (Phi) is 9.43. The van der Waals surface area contributed by atoms with Crippen molar-refractivity contribution < 1.29 is 45.4 Å². The average Bonchev–Trinajstić information content (AvgIpc) is 2.85. The van der Waals surface area contributed by atoms with Crippen LogP contribution in [-0.2, 0) is 26.6 Å². The Morgan fingerprint density at radius 1 is 0.975 bits per heavy atom. The van der Waals surface area contributed by atoms with E-state index in [0.29, 0.717) is 12.1 Å². The molecule has 1 aliphatic rings. The first-order valence-electron chi connectivity index (χ1n) is 12.7. The topological polar surface area (TPSA) is 67.9 Å². The van der Waals surface area contributed by atoms with Crippen LogP contribution in [0.1, 0.15) is 68.4 Å². The molecule has 0 unspecified atom stereocenters. The first-order chi connectivity index (χ1) is 18.4. The molecule has 1 heterocycles. The summed E-state index contributed by atoms with van der Waals surface area (Å²) in [5, 5.41) is 2.42. The summed E-state index contributed by atoms with van der Waals surface area (Å²) in [5.41, 5.74) is -3.03. The van der Waals surface area contributed by atoms with Crippen LogP contribution < -0.4 is 5.32 Å². The fourth-order valence-electron chi connectivity index (χ4n) is 4.47. The summed E-state index contributed by atoms with van der Waals surface area (Å²) < 4.78 is 91.5. The SMILES string of the molecule is C[C@@H](O[C@H]1CCN(C(=O)CNC(=O)OC(C)(C)C)C[C@H]1c1ccccc1)c1cc(C(F)(F)F)cc(C(F)(F)F)c1. The van der Waals surface area contributed by atoms with Crippen LogP contribution in [0.5, 0.6) is 0 Å². The highest BCUT2D eigenvalue weighted by molar-refractivity contribution is 5.82. The predicted molar refractivity (Wildman–Crippen MR) is 134 cm³/mol. The highest BCUT2D eigenvalue weighted by Crippen LogP contribution is 2.39. The molecule has 1 fully saturated rings. The maximum atomic E-state index is 13.4. The summed E-state index contributed by atoms with van der Waals surface area (Å²) in [5.74, 6) is -0.790. The molecule has 0 spiro atoms. The van der Waals surface area contributed by atoms with Crippen molar-refractivity contribution in [3.05, 3.63) is 70.8 Å². The van der Waals surface area contributed by atoms with Gasteiger partial charge in [0.1, 0.15) is 12.1 Å². The number of alkyl halides is 6. The minimum absolute atomic E-state index is 0.0817. The molecule has 40 heavy (non-hydrogen) atoms. The standard InChI is InChI=1S/C28H32F6N2O4/c1-17(19-12-20(27(29,30)31)14-21(13-19)28(32,33)34)39-23-10-11-36(16-22(23)18-8-6-5-7-9-18)24(37)15-35-25(38)40-26(2,3)4/h5-9,12-14,17,22-23H,10-11,15-16H2,1-4H3,(H,35,38)/t17-,22+,23+/m1/s1. The minimum Gasteiger partial charge on any atom is -0.444 e. The maximum absolute atomic E-state index is 13.4. The highest BCUT2D eigenvalue weighted by atomic mass is 19.4. The van der Waals surface area contributed by atoms with Gasteiger partial charge in [0.15, 0.2) is 0 Å². The van der Waals surface area contributed by atoms with Crippen LogP contribution in [-0.4, -0.2) is 48.2 Å². The summed E-state index contributed by atoms with van der Waals surface area (Å²) >= 11 is 0. The molecule has 3 atom stereocenters. The Balaban J connectivity index is 1.79. The lowest BCUT2D eigenvalue weighted by Crippen LogP contribution is -2.49. The lowest BCUT2D eigenvalue weighted by molar-refractivity contribution is -0.143. The highest BCUT2D eigenvalue weighted by Gasteiger charge is 2.39. The quantitative estimate of drug-likeness (QED) is 0.390. The van der Waals surface area contributed by atoms with Gasteiger partial charge >= 0.3 is 18.4 Å². The smallest absolute Gasteiger partial charge is 0.416 e. The van der Waals surface area contributed by atoms with Crippen LogP contribution in [0.3, 0.4) is 0 Å². The maximum Gasteiger partial charge on any atom is 0.416 e. The van der Waals surface area contributed by atoms with E-state index in [2.05, 4.69) is 5.32 Å². The van der Waals surface area contributed by atoms with Gasteiger partial charge in [-0.05, 0) is 63.4 Å². The van der Waals surface area contributed by atoms with Gasteiger partial charge in [0.25, 0.3) is 0 Å². The van der Waals surface area contributed by atoms with Gasteiger partial charge in [-0.15, -0.1) is 0 Å². The Bertz CT molecular complexity index is 1150. The van der Waals surface area contributed by atoms with E-state index in [4.69, 9.17) is 9.47 Å². The van der Waals surface area contributed by atoms with Crippen LogP contribution in [0, 0.1) is 0 Å². The molecule has 1 N–H and O–H groups in total. The van der Waals surface area contributed by atoms with Crippen LogP contribution in [0.25, 0.3) is 0 Å². The molecule has 2 amide bonds. The van der Waals surface area contributed by atoms with Gasteiger partial charge in [-0.3, -0.25) is 4.79 Å². The fraction of sp³-hybridized carbons (Fsp3) is 0.500. The number of amides is 2. The number of nitrogens with zero attached hydrogens (tertiary/aromatic N) is 1. The van der Waals surface area contributed by atoms with E-state index in [1.54, 1.807) is 39.0 Å². The number of nitrogens with one attached hydrogen (secondary N) is 1.